The molecule has 26 heavy (non-hydrogen) atoms. The summed E-state index contributed by atoms with van der Waals surface area (Å²) in [5.41, 5.74) is 5.14. The number of aromatic nitrogens is 2. The maximum Gasteiger partial charge on any atom is 0.224 e. The van der Waals surface area contributed by atoms with Gasteiger partial charge in [0.25, 0.3) is 0 Å². The van der Waals surface area contributed by atoms with Crippen LogP contribution in [0.25, 0.3) is 5.69 Å². The number of carbonyl (C=O) groups excluding carboxylic acids is 1. The maximum absolute atomic E-state index is 12.1. The summed E-state index contributed by atoms with van der Waals surface area (Å²) in [6.07, 6.45) is 3.21. The molecule has 5 heteroatoms. The van der Waals surface area contributed by atoms with Crippen molar-refractivity contribution in [2.45, 2.75) is 31.6 Å². The second-order valence-electron chi connectivity index (χ2n) is 6.28. The Hall–Kier alpha value is -2.53. The minimum Gasteiger partial charge on any atom is -0.326 e. The van der Waals surface area contributed by atoms with E-state index in [2.05, 4.69) is 28.6 Å². The number of hydrogen-bond acceptors (Lipinski definition) is 3. The highest BCUT2D eigenvalue weighted by atomic mass is 32.2. The first kappa shape index (κ1) is 18.3. The van der Waals surface area contributed by atoms with E-state index in [1.165, 1.54) is 4.90 Å². The van der Waals surface area contributed by atoms with Gasteiger partial charge in [0.05, 0.1) is 11.4 Å². The Balaban J connectivity index is 1.55. The van der Waals surface area contributed by atoms with Gasteiger partial charge in [0, 0.05) is 22.7 Å². The molecule has 1 amide bonds. The number of nitrogens with one attached hydrogen (secondary N) is 1. The van der Waals surface area contributed by atoms with E-state index in [4.69, 9.17) is 0 Å². The van der Waals surface area contributed by atoms with E-state index in [1.54, 1.807) is 11.8 Å². The molecule has 3 rings (SSSR count). The molecule has 2 aromatic carbocycles. The Kier molecular flexibility index (Phi) is 5.78. The van der Waals surface area contributed by atoms with Crippen LogP contribution in [-0.4, -0.2) is 21.9 Å². The zero-order valence-corrected chi connectivity index (χ0v) is 16.1. The number of anilines is 1. The Labute approximate surface area is 158 Å². The molecule has 0 radical (unpaired) electrons. The van der Waals surface area contributed by atoms with E-state index in [0.29, 0.717) is 12.8 Å². The second-order valence-corrected chi connectivity index (χ2v) is 7.16. The lowest BCUT2D eigenvalue weighted by molar-refractivity contribution is -0.116. The van der Waals surface area contributed by atoms with Gasteiger partial charge in [-0.25, -0.2) is 4.68 Å². The zero-order chi connectivity index (χ0) is 18.5. The predicted octanol–water partition coefficient (Wildman–Crippen LogP) is 4.78. The van der Waals surface area contributed by atoms with Crippen LogP contribution in [0.15, 0.2) is 59.5 Å². The molecule has 0 aliphatic rings. The number of nitrogens with zero attached hydrogens (tertiary/aromatic N) is 2. The van der Waals surface area contributed by atoms with E-state index in [0.717, 1.165) is 28.3 Å². The van der Waals surface area contributed by atoms with Gasteiger partial charge in [0.2, 0.25) is 5.91 Å². The van der Waals surface area contributed by atoms with Gasteiger partial charge in [0.1, 0.15) is 0 Å². The molecule has 0 atom stereocenters. The molecule has 3 aromatic rings. The van der Waals surface area contributed by atoms with Crippen molar-refractivity contribution in [1.82, 2.24) is 9.78 Å². The minimum atomic E-state index is 0.0320. The summed E-state index contributed by atoms with van der Waals surface area (Å²) in [6, 6.07) is 18.2. The van der Waals surface area contributed by atoms with E-state index in [9.17, 15) is 4.79 Å². The first-order chi connectivity index (χ1) is 12.5. The Morgan fingerprint density at radius 1 is 1.08 bits per heavy atom. The third-order valence-electron chi connectivity index (χ3n) is 4.21. The molecule has 134 valence electrons. The molecule has 1 heterocycles. The molecule has 1 aromatic heterocycles. The molecule has 0 saturated heterocycles. The molecule has 0 bridgehead atoms. The third kappa shape index (κ3) is 4.55. The van der Waals surface area contributed by atoms with Crippen LogP contribution in [0.4, 0.5) is 5.69 Å². The number of thioether (sulfide) groups is 1. The lowest BCUT2D eigenvalue weighted by Crippen LogP contribution is -2.12. The highest BCUT2D eigenvalue weighted by Gasteiger charge is 2.06. The summed E-state index contributed by atoms with van der Waals surface area (Å²) >= 11 is 1.69. The maximum atomic E-state index is 12.1. The van der Waals surface area contributed by atoms with E-state index in [-0.39, 0.29) is 5.91 Å². The van der Waals surface area contributed by atoms with Crippen molar-refractivity contribution < 1.29 is 4.79 Å². The molecule has 0 unspecified atom stereocenters. The zero-order valence-electron chi connectivity index (χ0n) is 15.3. The van der Waals surface area contributed by atoms with Crippen molar-refractivity contribution in [2.75, 3.05) is 11.6 Å². The number of aryl methyl sites for hydroxylation is 3. The van der Waals surface area contributed by atoms with Crippen LogP contribution >= 0.6 is 11.8 Å². The van der Waals surface area contributed by atoms with Gasteiger partial charge in [-0.3, -0.25) is 4.79 Å². The van der Waals surface area contributed by atoms with Crippen molar-refractivity contribution in [3.63, 3.8) is 0 Å². The molecule has 0 fully saturated rings. The summed E-state index contributed by atoms with van der Waals surface area (Å²) in [5, 5.41) is 7.44. The van der Waals surface area contributed by atoms with Gasteiger partial charge >= 0.3 is 0 Å². The summed E-state index contributed by atoms with van der Waals surface area (Å²) in [7, 11) is 0. The number of hydrogen-bond donors (Lipinski definition) is 1. The third-order valence-corrected chi connectivity index (χ3v) is 4.95. The number of carbonyl (C=O) groups is 1. The Morgan fingerprint density at radius 3 is 2.35 bits per heavy atom. The number of amides is 1. The normalized spacial score (nSPS) is 10.7. The van der Waals surface area contributed by atoms with Gasteiger partial charge in [0.15, 0.2) is 0 Å². The number of benzene rings is 2. The lowest BCUT2D eigenvalue weighted by Gasteiger charge is -2.08. The fourth-order valence-electron chi connectivity index (χ4n) is 2.85. The van der Waals surface area contributed by atoms with Gasteiger partial charge in [-0.15, -0.1) is 11.8 Å². The van der Waals surface area contributed by atoms with Crippen LogP contribution in [0.5, 0.6) is 0 Å². The van der Waals surface area contributed by atoms with Gasteiger partial charge < -0.3 is 5.32 Å². The summed E-state index contributed by atoms with van der Waals surface area (Å²) in [5.74, 6) is 0.0320. The number of rotatable bonds is 6. The van der Waals surface area contributed by atoms with Gasteiger partial charge in [-0.1, -0.05) is 12.1 Å². The van der Waals surface area contributed by atoms with Crippen molar-refractivity contribution in [3.8, 4) is 5.69 Å². The van der Waals surface area contributed by atoms with Gasteiger partial charge in [-0.2, -0.15) is 5.10 Å². The smallest absolute Gasteiger partial charge is 0.224 e. The van der Waals surface area contributed by atoms with Crippen LogP contribution in [0.1, 0.15) is 23.4 Å². The van der Waals surface area contributed by atoms with Gasteiger partial charge in [-0.05, 0) is 74.6 Å². The van der Waals surface area contributed by atoms with Crippen LogP contribution in [0, 0.1) is 13.8 Å². The van der Waals surface area contributed by atoms with Crippen molar-refractivity contribution in [2.24, 2.45) is 0 Å². The fraction of sp³-hybridized carbons (Fsp3) is 0.238. The summed E-state index contributed by atoms with van der Waals surface area (Å²) in [4.78, 5) is 13.3. The Bertz CT molecular complexity index is 883. The molecule has 0 spiro atoms. The van der Waals surface area contributed by atoms with Crippen LogP contribution in [0.2, 0.25) is 0 Å². The first-order valence-electron chi connectivity index (χ1n) is 8.61. The molecule has 0 aliphatic heterocycles. The quantitative estimate of drug-likeness (QED) is 0.639. The minimum absolute atomic E-state index is 0.0320. The van der Waals surface area contributed by atoms with Crippen molar-refractivity contribution in [1.29, 1.82) is 0 Å². The SMILES string of the molecule is CSc1ccc(NC(=O)CCc2ccc(-n3nc(C)cc3C)cc2)cc1. The average molecular weight is 366 g/mol. The molecule has 1 N–H and O–H groups in total. The standard InChI is InChI=1S/C21H23N3OS/c1-15-14-16(2)24(23-15)19-9-4-17(5-10-19)6-13-21(25)22-18-7-11-20(26-3)12-8-18/h4-5,7-12,14H,6,13H2,1-3H3,(H,22,25). The average Bonchev–Trinajstić information content (AvgIpc) is 2.99. The monoisotopic (exact) mass is 365 g/mol. The predicted molar refractivity (Wildman–Crippen MR) is 108 cm³/mol. The van der Waals surface area contributed by atoms with Crippen molar-refractivity contribution in [3.05, 3.63) is 71.5 Å². The highest BCUT2D eigenvalue weighted by Crippen LogP contribution is 2.18. The van der Waals surface area contributed by atoms with E-state index >= 15 is 0 Å². The van der Waals surface area contributed by atoms with E-state index in [1.807, 2.05) is 61.2 Å². The molecule has 0 aliphatic carbocycles. The molecular formula is C21H23N3OS. The first-order valence-corrected chi connectivity index (χ1v) is 9.84. The molecular weight excluding hydrogens is 342 g/mol. The van der Waals surface area contributed by atoms with Crippen LogP contribution in [0.3, 0.4) is 0 Å². The second kappa shape index (κ2) is 8.23. The Morgan fingerprint density at radius 2 is 1.77 bits per heavy atom. The molecule has 0 saturated carbocycles. The topological polar surface area (TPSA) is 46.9 Å². The largest absolute Gasteiger partial charge is 0.326 e. The summed E-state index contributed by atoms with van der Waals surface area (Å²) in [6.45, 7) is 4.04. The fourth-order valence-corrected chi connectivity index (χ4v) is 3.26. The van der Waals surface area contributed by atoms with E-state index < -0.39 is 0 Å². The summed E-state index contributed by atoms with van der Waals surface area (Å²) < 4.78 is 1.93. The van der Waals surface area contributed by atoms with Crippen LogP contribution in [-0.2, 0) is 11.2 Å². The highest BCUT2D eigenvalue weighted by molar-refractivity contribution is 7.98. The van der Waals surface area contributed by atoms with Crippen LogP contribution < -0.4 is 5.32 Å². The lowest BCUT2D eigenvalue weighted by atomic mass is 10.1. The van der Waals surface area contributed by atoms with Crippen molar-refractivity contribution >= 4 is 23.4 Å². The molecule has 4 nitrogen and oxygen atoms in total.